The first-order valence-corrected chi connectivity index (χ1v) is 5.81. The summed E-state index contributed by atoms with van der Waals surface area (Å²) in [7, 11) is 0. The van der Waals surface area contributed by atoms with Crippen LogP contribution in [0.25, 0.3) is 10.8 Å². The van der Waals surface area contributed by atoms with Gasteiger partial charge in [0.1, 0.15) is 0 Å². The first-order valence-electron chi connectivity index (χ1n) is 5.81. The monoisotopic (exact) mass is 208 g/mol. The summed E-state index contributed by atoms with van der Waals surface area (Å²) in [5, 5.41) is 2.59. The van der Waals surface area contributed by atoms with Crippen LogP contribution in [0.5, 0.6) is 0 Å². The van der Waals surface area contributed by atoms with Crippen LogP contribution in [0.15, 0.2) is 30.3 Å². The zero-order chi connectivity index (χ0) is 11.5. The van der Waals surface area contributed by atoms with Gasteiger partial charge in [0.05, 0.1) is 0 Å². The predicted octanol–water partition coefficient (Wildman–Crippen LogP) is 3.95. The molecule has 0 nitrogen and oxygen atoms in total. The van der Waals surface area contributed by atoms with Gasteiger partial charge in [0.15, 0.2) is 0 Å². The molecular weight excluding hydrogens is 192 g/mol. The standard InChI is InChI=1S/C16H16/c1-4-12-10-11-14(6-3)16-13(5-2)8-7-9-15(12)16/h2,7-11H,4,6H2,1,3H3. The van der Waals surface area contributed by atoms with Crippen LogP contribution in [-0.4, -0.2) is 0 Å². The van der Waals surface area contributed by atoms with Gasteiger partial charge in [-0.1, -0.05) is 44.0 Å². The Bertz CT molecular complexity index is 556. The summed E-state index contributed by atoms with van der Waals surface area (Å²) in [6, 6.07) is 10.7. The van der Waals surface area contributed by atoms with Gasteiger partial charge < -0.3 is 0 Å². The van der Waals surface area contributed by atoms with Crippen LogP contribution in [0.1, 0.15) is 30.5 Å². The fraction of sp³-hybridized carbons (Fsp3) is 0.250. The molecule has 0 radical (unpaired) electrons. The molecule has 2 aromatic rings. The number of terminal acetylenes is 1. The van der Waals surface area contributed by atoms with Crippen LogP contribution in [0, 0.1) is 12.3 Å². The number of hydrogen-bond acceptors (Lipinski definition) is 0. The van der Waals surface area contributed by atoms with Crippen molar-refractivity contribution >= 4 is 10.8 Å². The van der Waals surface area contributed by atoms with Crippen LogP contribution in [0.4, 0.5) is 0 Å². The minimum atomic E-state index is 1.02. The highest BCUT2D eigenvalue weighted by Gasteiger charge is 2.06. The third-order valence-electron chi connectivity index (χ3n) is 3.13. The Balaban J connectivity index is 2.91. The Hall–Kier alpha value is -1.74. The van der Waals surface area contributed by atoms with Crippen molar-refractivity contribution in [1.29, 1.82) is 0 Å². The molecule has 2 rings (SSSR count). The molecule has 0 heteroatoms. The summed E-state index contributed by atoms with van der Waals surface area (Å²) in [6.45, 7) is 4.36. The summed E-state index contributed by atoms with van der Waals surface area (Å²) in [5.74, 6) is 2.80. The van der Waals surface area contributed by atoms with Crippen molar-refractivity contribution in [3.63, 3.8) is 0 Å². The molecule has 80 valence electrons. The second kappa shape index (κ2) is 4.41. The zero-order valence-electron chi connectivity index (χ0n) is 9.88. The van der Waals surface area contributed by atoms with E-state index < -0.39 is 0 Å². The molecule has 0 aliphatic heterocycles. The molecule has 0 saturated carbocycles. The van der Waals surface area contributed by atoms with E-state index in [0.29, 0.717) is 0 Å². The number of rotatable bonds is 2. The Kier molecular flexibility index (Phi) is 2.97. The van der Waals surface area contributed by atoms with Gasteiger partial charge in [-0.25, -0.2) is 0 Å². The van der Waals surface area contributed by atoms with Gasteiger partial charge in [-0.05, 0) is 35.4 Å². The lowest BCUT2D eigenvalue weighted by Crippen LogP contribution is -1.92. The van der Waals surface area contributed by atoms with E-state index in [9.17, 15) is 0 Å². The second-order valence-corrected chi connectivity index (χ2v) is 3.96. The van der Waals surface area contributed by atoms with Gasteiger partial charge in [-0.2, -0.15) is 0 Å². The average molecular weight is 208 g/mol. The average Bonchev–Trinajstić information content (AvgIpc) is 2.36. The molecule has 16 heavy (non-hydrogen) atoms. The summed E-state index contributed by atoms with van der Waals surface area (Å²) in [4.78, 5) is 0. The number of benzene rings is 2. The SMILES string of the molecule is C#Cc1cccc2c(CC)ccc(CC)c12. The Morgan fingerprint density at radius 1 is 1.00 bits per heavy atom. The molecule has 0 spiro atoms. The minimum absolute atomic E-state index is 1.02. The first-order chi connectivity index (χ1) is 7.81. The fourth-order valence-corrected chi connectivity index (χ4v) is 2.26. The molecule has 0 unspecified atom stereocenters. The van der Waals surface area contributed by atoms with E-state index >= 15 is 0 Å². The maximum Gasteiger partial charge on any atom is 0.0323 e. The molecule has 0 aliphatic rings. The Labute approximate surface area is 97.3 Å². The van der Waals surface area contributed by atoms with Crippen LogP contribution >= 0.6 is 0 Å². The predicted molar refractivity (Wildman–Crippen MR) is 70.6 cm³/mol. The summed E-state index contributed by atoms with van der Waals surface area (Å²) < 4.78 is 0. The summed E-state index contributed by atoms with van der Waals surface area (Å²) in [6.07, 6.45) is 7.66. The molecule has 0 aliphatic carbocycles. The largest absolute Gasteiger partial charge is 0.115 e. The maximum absolute atomic E-state index is 5.58. The Morgan fingerprint density at radius 2 is 1.69 bits per heavy atom. The van der Waals surface area contributed by atoms with E-state index in [0.717, 1.165) is 18.4 Å². The second-order valence-electron chi connectivity index (χ2n) is 3.96. The van der Waals surface area contributed by atoms with Crippen molar-refractivity contribution in [2.75, 3.05) is 0 Å². The molecule has 0 N–H and O–H groups in total. The first kappa shape index (κ1) is 10.8. The molecule has 0 heterocycles. The van der Waals surface area contributed by atoms with E-state index in [1.807, 2.05) is 6.07 Å². The van der Waals surface area contributed by atoms with Crippen LogP contribution in [-0.2, 0) is 12.8 Å². The van der Waals surface area contributed by atoms with Crippen molar-refractivity contribution in [2.24, 2.45) is 0 Å². The van der Waals surface area contributed by atoms with Gasteiger partial charge >= 0.3 is 0 Å². The smallest absolute Gasteiger partial charge is 0.0323 e. The molecule has 0 amide bonds. The third-order valence-corrected chi connectivity index (χ3v) is 3.13. The quantitative estimate of drug-likeness (QED) is 0.656. The molecule has 0 fully saturated rings. The van der Waals surface area contributed by atoms with Gasteiger partial charge in [-0.15, -0.1) is 6.42 Å². The van der Waals surface area contributed by atoms with Crippen molar-refractivity contribution in [3.8, 4) is 12.3 Å². The van der Waals surface area contributed by atoms with E-state index in [1.165, 1.54) is 21.9 Å². The lowest BCUT2D eigenvalue weighted by Gasteiger charge is -2.10. The maximum atomic E-state index is 5.58. The van der Waals surface area contributed by atoms with E-state index in [2.05, 4.69) is 44.0 Å². The van der Waals surface area contributed by atoms with E-state index in [1.54, 1.807) is 0 Å². The molecular formula is C16H16. The highest BCUT2D eigenvalue weighted by Crippen LogP contribution is 2.26. The van der Waals surface area contributed by atoms with Crippen molar-refractivity contribution in [3.05, 3.63) is 47.0 Å². The number of fused-ring (bicyclic) bond motifs is 1. The topological polar surface area (TPSA) is 0 Å². The van der Waals surface area contributed by atoms with Gasteiger partial charge in [-0.3, -0.25) is 0 Å². The minimum Gasteiger partial charge on any atom is -0.115 e. The summed E-state index contributed by atoms with van der Waals surface area (Å²) in [5.41, 5.74) is 3.75. The normalized spacial score (nSPS) is 10.3. The molecule has 0 aromatic heterocycles. The van der Waals surface area contributed by atoms with Gasteiger partial charge in [0, 0.05) is 10.9 Å². The van der Waals surface area contributed by atoms with Gasteiger partial charge in [0.25, 0.3) is 0 Å². The molecule has 2 aromatic carbocycles. The number of hydrogen-bond donors (Lipinski definition) is 0. The highest BCUT2D eigenvalue weighted by molar-refractivity contribution is 5.93. The lowest BCUT2D eigenvalue weighted by molar-refractivity contribution is 1.13. The van der Waals surface area contributed by atoms with Crippen molar-refractivity contribution < 1.29 is 0 Å². The van der Waals surface area contributed by atoms with Crippen molar-refractivity contribution in [1.82, 2.24) is 0 Å². The fourth-order valence-electron chi connectivity index (χ4n) is 2.26. The highest BCUT2D eigenvalue weighted by atomic mass is 14.1. The number of aryl methyl sites for hydroxylation is 2. The van der Waals surface area contributed by atoms with E-state index in [-0.39, 0.29) is 0 Å². The van der Waals surface area contributed by atoms with Crippen molar-refractivity contribution in [2.45, 2.75) is 26.7 Å². The van der Waals surface area contributed by atoms with Gasteiger partial charge in [0.2, 0.25) is 0 Å². The van der Waals surface area contributed by atoms with Crippen LogP contribution < -0.4 is 0 Å². The van der Waals surface area contributed by atoms with Crippen LogP contribution in [0.2, 0.25) is 0 Å². The zero-order valence-corrected chi connectivity index (χ0v) is 9.88. The van der Waals surface area contributed by atoms with E-state index in [4.69, 9.17) is 6.42 Å². The molecule has 0 saturated heterocycles. The third kappa shape index (κ3) is 1.59. The molecule has 0 atom stereocenters. The lowest BCUT2D eigenvalue weighted by atomic mass is 9.93. The Morgan fingerprint density at radius 3 is 2.31 bits per heavy atom. The van der Waals surface area contributed by atoms with Crippen LogP contribution in [0.3, 0.4) is 0 Å². The molecule has 0 bridgehead atoms. The summed E-state index contributed by atoms with van der Waals surface area (Å²) >= 11 is 0.